The highest BCUT2D eigenvalue weighted by molar-refractivity contribution is 5.95. The number of rotatable bonds is 3. The number of carbonyl (C=O) groups excluding carboxylic acids is 1. The number of nitrogens with one attached hydrogen (secondary N) is 1. The van der Waals surface area contributed by atoms with Crippen LogP contribution in [0.3, 0.4) is 0 Å². The normalized spacial score (nSPS) is 20.9. The molecular weight excluding hydrogens is 232 g/mol. The molecule has 98 valence electrons. The lowest BCUT2D eigenvalue weighted by atomic mass is 9.67. The van der Waals surface area contributed by atoms with Gasteiger partial charge in [0.05, 0.1) is 7.11 Å². The van der Waals surface area contributed by atoms with Gasteiger partial charge in [0.1, 0.15) is 0 Å². The summed E-state index contributed by atoms with van der Waals surface area (Å²) in [5.41, 5.74) is 0.126. The van der Waals surface area contributed by atoms with E-state index >= 15 is 0 Å². The van der Waals surface area contributed by atoms with Crippen molar-refractivity contribution in [2.75, 3.05) is 7.11 Å². The Morgan fingerprint density at radius 3 is 2.83 bits per heavy atom. The standard InChI is InChI=1S/C13H18N2O3/c1-13(2)6-4-9(13)15-12(17)10-11(16)8(18-3)5-7-14-10/h5,7,9,16H,4,6H2,1-3H3,(H,15,17). The maximum absolute atomic E-state index is 12.0. The average molecular weight is 250 g/mol. The molecule has 0 spiro atoms. The van der Waals surface area contributed by atoms with Crippen LogP contribution in [0.25, 0.3) is 0 Å². The monoisotopic (exact) mass is 250 g/mol. The molecular formula is C13H18N2O3. The molecule has 1 aromatic heterocycles. The van der Waals surface area contributed by atoms with E-state index in [0.29, 0.717) is 0 Å². The second-order valence-corrected chi connectivity index (χ2v) is 5.26. The molecule has 1 saturated carbocycles. The summed E-state index contributed by atoms with van der Waals surface area (Å²) >= 11 is 0. The fourth-order valence-corrected chi connectivity index (χ4v) is 2.13. The lowest BCUT2D eigenvalue weighted by Crippen LogP contribution is -2.52. The maximum Gasteiger partial charge on any atom is 0.274 e. The van der Waals surface area contributed by atoms with E-state index < -0.39 is 0 Å². The number of aromatic nitrogens is 1. The molecule has 1 amide bonds. The number of nitrogens with zero attached hydrogens (tertiary/aromatic N) is 1. The van der Waals surface area contributed by atoms with E-state index in [1.165, 1.54) is 19.4 Å². The van der Waals surface area contributed by atoms with E-state index in [4.69, 9.17) is 4.74 Å². The van der Waals surface area contributed by atoms with E-state index in [-0.39, 0.29) is 34.6 Å². The SMILES string of the molecule is COc1ccnc(C(=O)NC2CCC2(C)C)c1O. The third-order valence-corrected chi connectivity index (χ3v) is 3.65. The van der Waals surface area contributed by atoms with Gasteiger partial charge in [0.15, 0.2) is 17.2 Å². The third-order valence-electron chi connectivity index (χ3n) is 3.65. The minimum absolute atomic E-state index is 0.0112. The summed E-state index contributed by atoms with van der Waals surface area (Å²) in [6, 6.07) is 1.65. The second kappa shape index (κ2) is 4.48. The van der Waals surface area contributed by atoms with Crippen molar-refractivity contribution in [3.63, 3.8) is 0 Å². The molecule has 0 bridgehead atoms. The first kappa shape index (κ1) is 12.7. The van der Waals surface area contributed by atoms with Crippen molar-refractivity contribution in [2.45, 2.75) is 32.7 Å². The quantitative estimate of drug-likeness (QED) is 0.856. The molecule has 0 aromatic carbocycles. The molecule has 1 fully saturated rings. The van der Waals surface area contributed by atoms with Crippen molar-refractivity contribution >= 4 is 5.91 Å². The van der Waals surface area contributed by atoms with Crippen LogP contribution in [0.15, 0.2) is 12.3 Å². The number of hydrogen-bond donors (Lipinski definition) is 2. The Kier molecular flexibility index (Phi) is 3.15. The van der Waals surface area contributed by atoms with Gasteiger partial charge in [-0.25, -0.2) is 4.98 Å². The van der Waals surface area contributed by atoms with Crippen LogP contribution < -0.4 is 10.1 Å². The molecule has 0 saturated heterocycles. The minimum Gasteiger partial charge on any atom is -0.503 e. The lowest BCUT2D eigenvalue weighted by Gasteiger charge is -2.44. The molecule has 0 aliphatic heterocycles. The van der Waals surface area contributed by atoms with Gasteiger partial charge in [0.25, 0.3) is 5.91 Å². The van der Waals surface area contributed by atoms with Gasteiger partial charge in [-0.3, -0.25) is 4.79 Å². The van der Waals surface area contributed by atoms with Crippen LogP contribution in [0.1, 0.15) is 37.2 Å². The molecule has 1 heterocycles. The van der Waals surface area contributed by atoms with Crippen LogP contribution in [0.5, 0.6) is 11.5 Å². The van der Waals surface area contributed by atoms with Gasteiger partial charge in [0, 0.05) is 18.3 Å². The lowest BCUT2D eigenvalue weighted by molar-refractivity contribution is 0.0724. The zero-order valence-electron chi connectivity index (χ0n) is 10.9. The Bertz CT molecular complexity index is 471. The first-order chi connectivity index (χ1) is 8.45. The van der Waals surface area contributed by atoms with Crippen LogP contribution in [-0.2, 0) is 0 Å². The zero-order valence-corrected chi connectivity index (χ0v) is 10.9. The van der Waals surface area contributed by atoms with Crippen LogP contribution in [-0.4, -0.2) is 29.1 Å². The molecule has 2 rings (SSSR count). The van der Waals surface area contributed by atoms with Crippen molar-refractivity contribution in [3.05, 3.63) is 18.0 Å². The number of methoxy groups -OCH3 is 1. The average Bonchev–Trinajstić information content (AvgIpc) is 2.34. The Morgan fingerprint density at radius 1 is 1.61 bits per heavy atom. The number of amides is 1. The first-order valence-corrected chi connectivity index (χ1v) is 5.98. The number of ether oxygens (including phenoxy) is 1. The van der Waals surface area contributed by atoms with Gasteiger partial charge >= 0.3 is 0 Å². The number of aromatic hydroxyl groups is 1. The Labute approximate surface area is 106 Å². The van der Waals surface area contributed by atoms with E-state index in [9.17, 15) is 9.90 Å². The molecule has 5 nitrogen and oxygen atoms in total. The van der Waals surface area contributed by atoms with E-state index in [2.05, 4.69) is 24.1 Å². The van der Waals surface area contributed by atoms with Crippen molar-refractivity contribution in [3.8, 4) is 11.5 Å². The summed E-state index contributed by atoms with van der Waals surface area (Å²) in [6.07, 6.45) is 3.50. The smallest absolute Gasteiger partial charge is 0.274 e. The van der Waals surface area contributed by atoms with Gasteiger partial charge in [-0.05, 0) is 18.3 Å². The maximum atomic E-state index is 12.0. The minimum atomic E-state index is -0.357. The van der Waals surface area contributed by atoms with Crippen molar-refractivity contribution in [2.24, 2.45) is 5.41 Å². The van der Waals surface area contributed by atoms with E-state index in [1.807, 2.05) is 0 Å². The second-order valence-electron chi connectivity index (χ2n) is 5.26. The summed E-state index contributed by atoms with van der Waals surface area (Å²) in [5.74, 6) is -0.318. The van der Waals surface area contributed by atoms with Crippen LogP contribution in [0, 0.1) is 5.41 Å². The molecule has 1 unspecified atom stereocenters. The summed E-state index contributed by atoms with van der Waals surface area (Å²) in [5, 5.41) is 12.7. The molecule has 18 heavy (non-hydrogen) atoms. The molecule has 2 N–H and O–H groups in total. The van der Waals surface area contributed by atoms with Gasteiger partial charge in [-0.15, -0.1) is 0 Å². The highest BCUT2D eigenvalue weighted by Gasteiger charge is 2.39. The third kappa shape index (κ3) is 2.12. The number of hydrogen-bond acceptors (Lipinski definition) is 4. The summed E-state index contributed by atoms with van der Waals surface area (Å²) < 4.78 is 4.95. The fourth-order valence-electron chi connectivity index (χ4n) is 2.13. The largest absolute Gasteiger partial charge is 0.503 e. The Morgan fingerprint density at radius 2 is 2.33 bits per heavy atom. The molecule has 0 radical (unpaired) electrons. The fraction of sp³-hybridized carbons (Fsp3) is 0.538. The van der Waals surface area contributed by atoms with Crippen molar-refractivity contribution in [1.29, 1.82) is 0 Å². The molecule has 1 aliphatic rings. The molecule has 1 aliphatic carbocycles. The number of carbonyl (C=O) groups is 1. The highest BCUT2D eigenvalue weighted by atomic mass is 16.5. The first-order valence-electron chi connectivity index (χ1n) is 5.98. The predicted octanol–water partition coefficient (Wildman–Crippen LogP) is 1.71. The summed E-state index contributed by atoms with van der Waals surface area (Å²) in [6.45, 7) is 4.22. The van der Waals surface area contributed by atoms with Gasteiger partial charge in [0.2, 0.25) is 0 Å². The molecule has 1 aromatic rings. The molecule has 5 heteroatoms. The van der Waals surface area contributed by atoms with Crippen LogP contribution in [0.2, 0.25) is 0 Å². The zero-order chi connectivity index (χ0) is 13.3. The van der Waals surface area contributed by atoms with Gasteiger partial charge < -0.3 is 15.2 Å². The highest BCUT2D eigenvalue weighted by Crippen LogP contribution is 2.40. The van der Waals surface area contributed by atoms with Gasteiger partial charge in [-0.1, -0.05) is 13.8 Å². The van der Waals surface area contributed by atoms with E-state index in [1.54, 1.807) is 0 Å². The summed E-state index contributed by atoms with van der Waals surface area (Å²) in [4.78, 5) is 15.9. The summed E-state index contributed by atoms with van der Waals surface area (Å²) in [7, 11) is 1.44. The van der Waals surface area contributed by atoms with Crippen LogP contribution in [0.4, 0.5) is 0 Å². The Balaban J connectivity index is 2.14. The van der Waals surface area contributed by atoms with Crippen molar-refractivity contribution in [1.82, 2.24) is 10.3 Å². The topological polar surface area (TPSA) is 71.5 Å². The molecule has 1 atom stereocenters. The Hall–Kier alpha value is -1.78. The van der Waals surface area contributed by atoms with Crippen LogP contribution >= 0.6 is 0 Å². The predicted molar refractivity (Wildman–Crippen MR) is 66.7 cm³/mol. The van der Waals surface area contributed by atoms with Crippen molar-refractivity contribution < 1.29 is 14.6 Å². The number of pyridine rings is 1. The van der Waals surface area contributed by atoms with Gasteiger partial charge in [-0.2, -0.15) is 0 Å². The van der Waals surface area contributed by atoms with E-state index in [0.717, 1.165) is 12.8 Å².